The first-order valence-corrected chi connectivity index (χ1v) is 3.40. The lowest BCUT2D eigenvalue weighted by molar-refractivity contribution is -0.148. The molecule has 0 aromatic rings. The van der Waals surface area contributed by atoms with Crippen LogP contribution in [0.2, 0.25) is 0 Å². The minimum Gasteiger partial charge on any atom is -0.481 e. The van der Waals surface area contributed by atoms with Crippen LogP contribution in [-0.4, -0.2) is 33.4 Å². The molecule has 0 radical (unpaired) electrons. The van der Waals surface area contributed by atoms with Gasteiger partial charge < -0.3 is 15.9 Å². The fourth-order valence-corrected chi connectivity index (χ4v) is 0.716. The van der Waals surface area contributed by atoms with Crippen LogP contribution in [0.5, 0.6) is 0 Å². The summed E-state index contributed by atoms with van der Waals surface area (Å²) >= 11 is 3.65. The molecule has 0 saturated heterocycles. The van der Waals surface area contributed by atoms with Crippen molar-refractivity contribution in [2.45, 2.75) is 12.0 Å². The molecule has 0 bridgehead atoms. The SMILES string of the molecule is N[C@](CS)(CC(=O)O)C(=O)O. The molecule has 0 aromatic carbocycles. The second-order valence-electron chi connectivity index (χ2n) is 2.19. The number of hydrogen-bond acceptors (Lipinski definition) is 4. The van der Waals surface area contributed by atoms with Gasteiger partial charge in [0.15, 0.2) is 0 Å². The van der Waals surface area contributed by atoms with Gasteiger partial charge in [0.2, 0.25) is 0 Å². The van der Waals surface area contributed by atoms with Gasteiger partial charge in [-0.05, 0) is 0 Å². The Morgan fingerprint density at radius 2 is 1.91 bits per heavy atom. The molecule has 64 valence electrons. The Hall–Kier alpha value is -0.750. The summed E-state index contributed by atoms with van der Waals surface area (Å²) in [6.45, 7) is 0. The zero-order valence-corrected chi connectivity index (χ0v) is 6.54. The molecule has 0 unspecified atom stereocenters. The van der Waals surface area contributed by atoms with E-state index in [0.717, 1.165) is 0 Å². The van der Waals surface area contributed by atoms with Crippen LogP contribution in [0, 0.1) is 0 Å². The molecule has 0 spiro atoms. The van der Waals surface area contributed by atoms with Crippen molar-refractivity contribution in [3.8, 4) is 0 Å². The molecule has 11 heavy (non-hydrogen) atoms. The molecule has 6 heteroatoms. The fourth-order valence-electron chi connectivity index (χ4n) is 0.469. The lowest BCUT2D eigenvalue weighted by Gasteiger charge is -2.19. The molecule has 0 saturated carbocycles. The number of nitrogens with two attached hydrogens (primary N) is 1. The number of carboxylic acid groups (broad SMARTS) is 2. The Morgan fingerprint density at radius 3 is 2.00 bits per heavy atom. The molecule has 4 N–H and O–H groups in total. The molecule has 0 fully saturated rings. The molecule has 5 nitrogen and oxygen atoms in total. The topological polar surface area (TPSA) is 101 Å². The van der Waals surface area contributed by atoms with Gasteiger partial charge in [-0.1, -0.05) is 0 Å². The van der Waals surface area contributed by atoms with Crippen molar-refractivity contribution in [2.24, 2.45) is 5.73 Å². The van der Waals surface area contributed by atoms with Gasteiger partial charge >= 0.3 is 11.9 Å². The average Bonchev–Trinajstić information content (AvgIpc) is 1.86. The predicted molar refractivity (Wildman–Crippen MR) is 40.7 cm³/mol. The van der Waals surface area contributed by atoms with Crippen molar-refractivity contribution in [3.05, 3.63) is 0 Å². The van der Waals surface area contributed by atoms with Crippen LogP contribution in [0.1, 0.15) is 6.42 Å². The molecule has 0 amide bonds. The van der Waals surface area contributed by atoms with Gasteiger partial charge in [0, 0.05) is 5.75 Å². The maximum absolute atomic E-state index is 10.4. The van der Waals surface area contributed by atoms with Crippen molar-refractivity contribution in [1.82, 2.24) is 0 Å². The molecular weight excluding hydrogens is 170 g/mol. The molecule has 0 aliphatic carbocycles. The third-order valence-electron chi connectivity index (χ3n) is 1.17. The zero-order valence-electron chi connectivity index (χ0n) is 5.65. The van der Waals surface area contributed by atoms with Crippen LogP contribution in [0.3, 0.4) is 0 Å². The van der Waals surface area contributed by atoms with Crippen molar-refractivity contribution in [3.63, 3.8) is 0 Å². The largest absolute Gasteiger partial charge is 0.481 e. The Morgan fingerprint density at radius 1 is 1.45 bits per heavy atom. The van der Waals surface area contributed by atoms with Crippen LogP contribution in [0.25, 0.3) is 0 Å². The predicted octanol–water partition coefficient (Wildman–Crippen LogP) is -0.827. The van der Waals surface area contributed by atoms with Gasteiger partial charge in [0.25, 0.3) is 0 Å². The van der Waals surface area contributed by atoms with Gasteiger partial charge in [-0.15, -0.1) is 0 Å². The van der Waals surface area contributed by atoms with E-state index in [1.807, 2.05) is 0 Å². The van der Waals surface area contributed by atoms with E-state index >= 15 is 0 Å². The van der Waals surface area contributed by atoms with Gasteiger partial charge in [-0.25, -0.2) is 0 Å². The third kappa shape index (κ3) is 2.77. The van der Waals surface area contributed by atoms with Gasteiger partial charge in [0.05, 0.1) is 6.42 Å². The summed E-state index contributed by atoms with van der Waals surface area (Å²) in [5.41, 5.74) is 3.43. The first-order valence-electron chi connectivity index (χ1n) is 2.77. The number of carbonyl (C=O) groups is 2. The van der Waals surface area contributed by atoms with Crippen LogP contribution >= 0.6 is 12.6 Å². The van der Waals surface area contributed by atoms with Crippen molar-refractivity contribution in [2.75, 3.05) is 5.75 Å². The summed E-state index contributed by atoms with van der Waals surface area (Å²) in [5, 5.41) is 16.7. The zero-order chi connectivity index (χ0) is 9.07. The van der Waals surface area contributed by atoms with E-state index in [2.05, 4.69) is 12.6 Å². The highest BCUT2D eigenvalue weighted by molar-refractivity contribution is 7.80. The lowest BCUT2D eigenvalue weighted by atomic mass is 10.00. The van der Waals surface area contributed by atoms with Gasteiger partial charge in [-0.3, -0.25) is 9.59 Å². The number of aliphatic carboxylic acids is 2. The van der Waals surface area contributed by atoms with E-state index in [1.54, 1.807) is 0 Å². The quantitative estimate of drug-likeness (QED) is 0.422. The van der Waals surface area contributed by atoms with Crippen LogP contribution in [0.15, 0.2) is 0 Å². The second-order valence-corrected chi connectivity index (χ2v) is 2.51. The summed E-state index contributed by atoms with van der Waals surface area (Å²) in [4.78, 5) is 20.5. The number of hydrogen-bond donors (Lipinski definition) is 4. The molecule has 0 heterocycles. The number of rotatable bonds is 4. The van der Waals surface area contributed by atoms with E-state index in [0.29, 0.717) is 0 Å². The van der Waals surface area contributed by atoms with Gasteiger partial charge in [0.1, 0.15) is 5.54 Å². The molecule has 0 aliphatic rings. The van der Waals surface area contributed by atoms with Crippen molar-refractivity contribution in [1.29, 1.82) is 0 Å². The Bertz CT molecular complexity index is 183. The van der Waals surface area contributed by atoms with E-state index in [1.165, 1.54) is 0 Å². The minimum absolute atomic E-state index is 0.200. The first kappa shape index (κ1) is 10.2. The molecule has 0 aliphatic heterocycles. The molecule has 0 rings (SSSR count). The normalized spacial score (nSPS) is 15.5. The monoisotopic (exact) mass is 179 g/mol. The fraction of sp³-hybridized carbons (Fsp3) is 0.600. The lowest BCUT2D eigenvalue weighted by Crippen LogP contribution is -2.51. The summed E-state index contributed by atoms with van der Waals surface area (Å²) < 4.78 is 0. The van der Waals surface area contributed by atoms with Crippen LogP contribution in [0.4, 0.5) is 0 Å². The highest BCUT2D eigenvalue weighted by Gasteiger charge is 2.34. The maximum atomic E-state index is 10.4. The summed E-state index contributed by atoms with van der Waals surface area (Å²) in [6, 6.07) is 0. The van der Waals surface area contributed by atoms with Crippen molar-refractivity contribution >= 4 is 24.6 Å². The third-order valence-corrected chi connectivity index (χ3v) is 1.74. The van der Waals surface area contributed by atoms with E-state index < -0.39 is 23.9 Å². The summed E-state index contributed by atoms with van der Waals surface area (Å²) in [5.74, 6) is -2.80. The van der Waals surface area contributed by atoms with E-state index in [9.17, 15) is 9.59 Å². The van der Waals surface area contributed by atoms with Crippen molar-refractivity contribution < 1.29 is 19.8 Å². The average molecular weight is 179 g/mol. The minimum atomic E-state index is -1.76. The van der Waals surface area contributed by atoms with E-state index in [-0.39, 0.29) is 5.75 Å². The van der Waals surface area contributed by atoms with E-state index in [4.69, 9.17) is 15.9 Å². The van der Waals surface area contributed by atoms with Gasteiger partial charge in [-0.2, -0.15) is 12.6 Å². The maximum Gasteiger partial charge on any atom is 0.325 e. The smallest absolute Gasteiger partial charge is 0.325 e. The first-order chi connectivity index (χ1) is 4.92. The number of thiol groups is 1. The summed E-state index contributed by atoms with van der Waals surface area (Å²) in [7, 11) is 0. The Kier molecular flexibility index (Phi) is 3.34. The molecular formula is C5H9NO4S. The summed E-state index contributed by atoms with van der Waals surface area (Å²) in [6.07, 6.45) is -0.619. The standard InChI is InChI=1S/C5H9NO4S/c6-5(2-11,4(9)10)1-3(7)8/h11H,1-2,6H2,(H,7,8)(H,9,10)/t5-/m0/s1. The molecule has 1 atom stereocenters. The highest BCUT2D eigenvalue weighted by atomic mass is 32.1. The second kappa shape index (κ2) is 3.59. The van der Waals surface area contributed by atoms with Crippen LogP contribution in [-0.2, 0) is 9.59 Å². The Balaban J connectivity index is 4.34. The van der Waals surface area contributed by atoms with Crippen LogP contribution < -0.4 is 5.73 Å². The highest BCUT2D eigenvalue weighted by Crippen LogP contribution is 2.08. The number of carboxylic acids is 2. The Labute approximate surface area is 68.6 Å². The molecule has 0 aromatic heterocycles.